The highest BCUT2D eigenvalue weighted by Gasteiger charge is 2.41. The molecule has 0 amide bonds. The maximum absolute atomic E-state index is 6.24. The molecule has 1 heterocycles. The van der Waals surface area contributed by atoms with Crippen LogP contribution < -0.4 is 4.74 Å². The topological polar surface area (TPSA) is 27.7 Å². The molecule has 0 radical (unpaired) electrons. The number of benzene rings is 1. The van der Waals surface area contributed by atoms with Gasteiger partial charge in [-0.3, -0.25) is 0 Å². The first-order valence-electron chi connectivity index (χ1n) is 7.16. The van der Waals surface area contributed by atoms with Gasteiger partial charge in [-0.2, -0.15) is 0 Å². The molecule has 0 atom stereocenters. The molecule has 1 aromatic carbocycles. The predicted octanol–water partition coefficient (Wildman–Crippen LogP) is 3.81. The van der Waals surface area contributed by atoms with Gasteiger partial charge in [-0.1, -0.05) is 15.9 Å². The largest absolute Gasteiger partial charge is 0.482 e. The Morgan fingerprint density at radius 2 is 1.80 bits per heavy atom. The van der Waals surface area contributed by atoms with Crippen molar-refractivity contribution in [3.63, 3.8) is 0 Å². The van der Waals surface area contributed by atoms with Gasteiger partial charge in [0.05, 0.1) is 13.2 Å². The van der Waals surface area contributed by atoms with Gasteiger partial charge in [0.15, 0.2) is 5.60 Å². The van der Waals surface area contributed by atoms with Crippen LogP contribution in [0, 0.1) is 13.8 Å². The normalized spacial score (nSPS) is 16.1. The minimum atomic E-state index is -0.383. The molecule has 1 aliphatic rings. The summed E-state index contributed by atoms with van der Waals surface area (Å²) in [6.07, 6.45) is 0.840. The molecule has 0 saturated carbocycles. The lowest BCUT2D eigenvalue weighted by atomic mass is 9.95. The van der Waals surface area contributed by atoms with E-state index in [1.54, 1.807) is 0 Å². The second-order valence-corrected chi connectivity index (χ2v) is 6.14. The second-order valence-electron chi connectivity index (χ2n) is 5.35. The van der Waals surface area contributed by atoms with Gasteiger partial charge in [0.2, 0.25) is 0 Å². The molecule has 0 aromatic heterocycles. The van der Waals surface area contributed by atoms with Gasteiger partial charge in [-0.15, -0.1) is 0 Å². The number of rotatable bonds is 6. The van der Waals surface area contributed by atoms with Crippen molar-refractivity contribution in [3.8, 4) is 5.75 Å². The molecule has 0 aliphatic carbocycles. The van der Waals surface area contributed by atoms with E-state index in [0.717, 1.165) is 12.2 Å². The monoisotopic (exact) mass is 342 g/mol. The third-order valence-electron chi connectivity index (χ3n) is 3.74. The van der Waals surface area contributed by atoms with Gasteiger partial charge in [-0.05, 0) is 44.9 Å². The fourth-order valence-electron chi connectivity index (χ4n) is 2.64. The van der Waals surface area contributed by atoms with Crippen LogP contribution in [0.25, 0.3) is 0 Å². The van der Waals surface area contributed by atoms with E-state index in [0.29, 0.717) is 26.4 Å². The standard InChI is InChI=1S/C16H23BrO3/c1-5-18-9-16(10-19-6-2)8-13-12(4)15(17)11(3)7-14(13)20-16/h7H,5-6,8-10H2,1-4H3. The van der Waals surface area contributed by atoms with Crippen LogP contribution in [-0.2, 0) is 15.9 Å². The number of fused-ring (bicyclic) bond motifs is 1. The molecule has 0 N–H and O–H groups in total. The minimum absolute atomic E-state index is 0.383. The van der Waals surface area contributed by atoms with Crippen LogP contribution in [0.2, 0.25) is 0 Å². The summed E-state index contributed by atoms with van der Waals surface area (Å²) in [5.74, 6) is 0.975. The number of halogens is 1. The molecule has 3 nitrogen and oxygen atoms in total. The summed E-state index contributed by atoms with van der Waals surface area (Å²) >= 11 is 3.66. The zero-order valence-electron chi connectivity index (χ0n) is 12.7. The Morgan fingerprint density at radius 3 is 2.35 bits per heavy atom. The first kappa shape index (κ1) is 15.8. The summed E-state index contributed by atoms with van der Waals surface area (Å²) in [6.45, 7) is 10.7. The average molecular weight is 343 g/mol. The molecule has 20 heavy (non-hydrogen) atoms. The Morgan fingerprint density at radius 1 is 1.20 bits per heavy atom. The van der Waals surface area contributed by atoms with Crippen molar-refractivity contribution in [2.75, 3.05) is 26.4 Å². The maximum atomic E-state index is 6.24. The number of aryl methyl sites for hydroxylation is 1. The van der Waals surface area contributed by atoms with Crippen molar-refractivity contribution in [2.24, 2.45) is 0 Å². The highest BCUT2D eigenvalue weighted by molar-refractivity contribution is 9.10. The van der Waals surface area contributed by atoms with Crippen LogP contribution >= 0.6 is 15.9 Å². The second kappa shape index (κ2) is 6.46. The molecule has 0 unspecified atom stereocenters. The van der Waals surface area contributed by atoms with Gasteiger partial charge in [0, 0.05) is 29.7 Å². The summed E-state index contributed by atoms with van der Waals surface area (Å²) in [5.41, 5.74) is 3.34. The van der Waals surface area contributed by atoms with Crippen molar-refractivity contribution in [3.05, 3.63) is 27.2 Å². The SMILES string of the molecule is CCOCC1(COCC)Cc2c(cc(C)c(Br)c2C)O1. The molecule has 112 valence electrons. The quantitative estimate of drug-likeness (QED) is 0.786. The van der Waals surface area contributed by atoms with Gasteiger partial charge < -0.3 is 14.2 Å². The van der Waals surface area contributed by atoms with E-state index in [1.165, 1.54) is 21.2 Å². The fraction of sp³-hybridized carbons (Fsp3) is 0.625. The summed E-state index contributed by atoms with van der Waals surface area (Å²) in [6, 6.07) is 2.10. The van der Waals surface area contributed by atoms with E-state index in [2.05, 4.69) is 35.8 Å². The molecule has 1 aromatic rings. The molecule has 0 bridgehead atoms. The Hall–Kier alpha value is -0.580. The van der Waals surface area contributed by atoms with Crippen molar-refractivity contribution >= 4 is 15.9 Å². The maximum Gasteiger partial charge on any atom is 0.159 e. The van der Waals surface area contributed by atoms with Crippen LogP contribution in [0.5, 0.6) is 5.75 Å². The van der Waals surface area contributed by atoms with Crippen molar-refractivity contribution in [1.82, 2.24) is 0 Å². The molecule has 0 fully saturated rings. The smallest absolute Gasteiger partial charge is 0.159 e. The van der Waals surface area contributed by atoms with E-state index in [1.807, 2.05) is 13.8 Å². The molecule has 0 spiro atoms. The first-order valence-corrected chi connectivity index (χ1v) is 7.95. The summed E-state index contributed by atoms with van der Waals surface area (Å²) < 4.78 is 18.7. The molecular formula is C16H23BrO3. The zero-order chi connectivity index (χ0) is 14.8. The van der Waals surface area contributed by atoms with Crippen LogP contribution in [-0.4, -0.2) is 32.0 Å². The lowest BCUT2D eigenvalue weighted by Gasteiger charge is -2.28. The summed E-state index contributed by atoms with van der Waals surface area (Å²) in [5, 5.41) is 0. The zero-order valence-corrected chi connectivity index (χ0v) is 14.3. The number of ether oxygens (including phenoxy) is 3. The van der Waals surface area contributed by atoms with Crippen molar-refractivity contribution in [2.45, 2.75) is 39.7 Å². The number of hydrogen-bond acceptors (Lipinski definition) is 3. The van der Waals surface area contributed by atoms with Crippen molar-refractivity contribution in [1.29, 1.82) is 0 Å². The third-order valence-corrected chi connectivity index (χ3v) is 4.96. The summed E-state index contributed by atoms with van der Waals surface area (Å²) in [4.78, 5) is 0. The fourth-order valence-corrected chi connectivity index (χ4v) is 2.99. The molecular weight excluding hydrogens is 320 g/mol. The highest BCUT2D eigenvalue weighted by atomic mass is 79.9. The molecule has 1 aliphatic heterocycles. The van der Waals surface area contributed by atoms with Crippen LogP contribution in [0.3, 0.4) is 0 Å². The van der Waals surface area contributed by atoms with Gasteiger partial charge >= 0.3 is 0 Å². The van der Waals surface area contributed by atoms with E-state index >= 15 is 0 Å². The Labute approximate surface area is 129 Å². The Balaban J connectivity index is 2.29. The van der Waals surface area contributed by atoms with Crippen LogP contribution in [0.15, 0.2) is 10.5 Å². The van der Waals surface area contributed by atoms with Gasteiger partial charge in [0.25, 0.3) is 0 Å². The van der Waals surface area contributed by atoms with E-state index in [-0.39, 0.29) is 5.60 Å². The van der Waals surface area contributed by atoms with Crippen LogP contribution in [0.4, 0.5) is 0 Å². The number of hydrogen-bond donors (Lipinski definition) is 0. The Kier molecular flexibility index (Phi) is 5.10. The minimum Gasteiger partial charge on any atom is -0.482 e. The van der Waals surface area contributed by atoms with Gasteiger partial charge in [0.1, 0.15) is 5.75 Å². The first-order chi connectivity index (χ1) is 9.53. The third kappa shape index (κ3) is 3.02. The van der Waals surface area contributed by atoms with Crippen LogP contribution in [0.1, 0.15) is 30.5 Å². The molecule has 2 rings (SSSR count). The summed E-state index contributed by atoms with van der Waals surface area (Å²) in [7, 11) is 0. The highest BCUT2D eigenvalue weighted by Crippen LogP contribution is 2.41. The average Bonchev–Trinajstić information content (AvgIpc) is 2.80. The van der Waals surface area contributed by atoms with E-state index in [9.17, 15) is 0 Å². The van der Waals surface area contributed by atoms with Gasteiger partial charge in [-0.25, -0.2) is 0 Å². The molecule has 0 saturated heterocycles. The van der Waals surface area contributed by atoms with E-state index in [4.69, 9.17) is 14.2 Å². The molecule has 4 heteroatoms. The van der Waals surface area contributed by atoms with Crippen molar-refractivity contribution < 1.29 is 14.2 Å². The lowest BCUT2D eigenvalue weighted by Crippen LogP contribution is -2.44. The van der Waals surface area contributed by atoms with E-state index < -0.39 is 0 Å². The Bertz CT molecular complexity index is 477. The lowest BCUT2D eigenvalue weighted by molar-refractivity contribution is -0.0632. The predicted molar refractivity (Wildman–Crippen MR) is 83.7 cm³/mol.